The number of hydrogen-bond acceptors (Lipinski definition) is 5. The molecular weight excluding hydrogens is 428 g/mol. The van der Waals surface area contributed by atoms with E-state index in [9.17, 15) is 9.90 Å². The highest BCUT2D eigenvalue weighted by Crippen LogP contribution is 2.27. The predicted molar refractivity (Wildman–Crippen MR) is 133 cm³/mol. The van der Waals surface area contributed by atoms with Gasteiger partial charge < -0.3 is 20.0 Å². The van der Waals surface area contributed by atoms with E-state index in [4.69, 9.17) is 9.57 Å². The van der Waals surface area contributed by atoms with Crippen LogP contribution in [0.4, 0.5) is 5.69 Å². The Labute approximate surface area is 201 Å². The van der Waals surface area contributed by atoms with Crippen LogP contribution in [0.5, 0.6) is 11.5 Å². The fourth-order valence-corrected chi connectivity index (χ4v) is 4.21. The zero-order valence-electron chi connectivity index (χ0n) is 19.5. The summed E-state index contributed by atoms with van der Waals surface area (Å²) < 4.78 is 5.66. The molecule has 1 aliphatic rings. The van der Waals surface area contributed by atoms with Crippen molar-refractivity contribution < 1.29 is 19.5 Å². The van der Waals surface area contributed by atoms with Crippen molar-refractivity contribution in [2.75, 3.05) is 18.2 Å². The molecule has 0 aliphatic heterocycles. The maximum Gasteiger partial charge on any atom is 0.256 e. The summed E-state index contributed by atoms with van der Waals surface area (Å²) in [5.41, 5.74) is 3.20. The number of rotatable bonds is 9. The highest BCUT2D eigenvalue weighted by atomic mass is 16.7. The molecular formula is C28H32N2O4. The molecule has 34 heavy (non-hydrogen) atoms. The van der Waals surface area contributed by atoms with Crippen molar-refractivity contribution in [1.82, 2.24) is 5.32 Å². The first kappa shape index (κ1) is 23.8. The van der Waals surface area contributed by atoms with Gasteiger partial charge in [0.1, 0.15) is 18.5 Å². The summed E-state index contributed by atoms with van der Waals surface area (Å²) in [6.45, 7) is 2.21. The van der Waals surface area contributed by atoms with Gasteiger partial charge in [-0.25, -0.2) is 0 Å². The van der Waals surface area contributed by atoms with Crippen molar-refractivity contribution in [3.63, 3.8) is 0 Å². The SMILES string of the molecule is CC(=O)N(Oc1ccc2c(c1)CC(NCC(O)COc1ccccc1)CCC2)c1ccccc1. The lowest BCUT2D eigenvalue weighted by Crippen LogP contribution is -2.39. The quantitative estimate of drug-likeness (QED) is 0.368. The molecule has 6 heteroatoms. The summed E-state index contributed by atoms with van der Waals surface area (Å²) >= 11 is 0. The fourth-order valence-electron chi connectivity index (χ4n) is 4.21. The van der Waals surface area contributed by atoms with Crippen LogP contribution in [0.1, 0.15) is 30.9 Å². The zero-order valence-corrected chi connectivity index (χ0v) is 19.5. The van der Waals surface area contributed by atoms with Crippen LogP contribution in [0.2, 0.25) is 0 Å². The van der Waals surface area contributed by atoms with Crippen LogP contribution < -0.4 is 20.0 Å². The minimum Gasteiger partial charge on any atom is -0.491 e. The van der Waals surface area contributed by atoms with Crippen LogP contribution in [0.3, 0.4) is 0 Å². The molecule has 2 N–H and O–H groups in total. The summed E-state index contributed by atoms with van der Waals surface area (Å²) in [6, 6.07) is 25.2. The van der Waals surface area contributed by atoms with Gasteiger partial charge in [-0.3, -0.25) is 4.79 Å². The minimum absolute atomic E-state index is 0.188. The standard InChI is InChI=1S/C28H32N2O4/c1-21(31)30(25-11-4-2-5-12-25)34-28-16-15-22-9-8-10-24(17-23(22)18-28)29-19-26(32)20-33-27-13-6-3-7-14-27/h2-7,11-16,18,24,26,29,32H,8-10,17,19-20H2,1H3. The maximum atomic E-state index is 12.2. The third-order valence-corrected chi connectivity index (χ3v) is 5.94. The topological polar surface area (TPSA) is 71.0 Å². The van der Waals surface area contributed by atoms with Crippen LogP contribution in [-0.4, -0.2) is 36.3 Å². The lowest BCUT2D eigenvalue weighted by Gasteiger charge is -2.22. The Kier molecular flexibility index (Phi) is 8.17. The van der Waals surface area contributed by atoms with Gasteiger partial charge in [-0.2, -0.15) is 0 Å². The number of aryl methyl sites for hydroxylation is 1. The number of amides is 1. The summed E-state index contributed by atoms with van der Waals surface area (Å²) in [4.78, 5) is 18.2. The van der Waals surface area contributed by atoms with Crippen molar-refractivity contribution >= 4 is 11.6 Å². The van der Waals surface area contributed by atoms with Gasteiger partial charge in [0, 0.05) is 19.5 Å². The molecule has 2 atom stereocenters. The summed E-state index contributed by atoms with van der Waals surface area (Å²) in [7, 11) is 0. The van der Waals surface area contributed by atoms with Crippen molar-refractivity contribution in [2.24, 2.45) is 0 Å². The molecule has 3 aromatic rings. The molecule has 2 unspecified atom stereocenters. The van der Waals surface area contributed by atoms with E-state index in [0.717, 1.165) is 31.4 Å². The van der Waals surface area contributed by atoms with Gasteiger partial charge in [-0.15, -0.1) is 5.06 Å². The number of nitrogens with zero attached hydrogens (tertiary/aromatic N) is 1. The molecule has 0 spiro atoms. The second-order valence-electron chi connectivity index (χ2n) is 8.65. The van der Waals surface area contributed by atoms with Gasteiger partial charge in [0.15, 0.2) is 5.75 Å². The second-order valence-corrected chi connectivity index (χ2v) is 8.65. The molecule has 6 nitrogen and oxygen atoms in total. The number of para-hydroxylation sites is 2. The average molecular weight is 461 g/mol. The zero-order chi connectivity index (χ0) is 23.8. The van der Waals surface area contributed by atoms with Crippen LogP contribution in [-0.2, 0) is 17.6 Å². The van der Waals surface area contributed by atoms with E-state index in [0.29, 0.717) is 18.0 Å². The highest BCUT2D eigenvalue weighted by Gasteiger charge is 2.20. The Bertz CT molecular complexity index is 1060. The number of hydrogen-bond donors (Lipinski definition) is 2. The van der Waals surface area contributed by atoms with Gasteiger partial charge in [0.25, 0.3) is 5.91 Å². The molecule has 0 bridgehead atoms. The largest absolute Gasteiger partial charge is 0.491 e. The van der Waals surface area contributed by atoms with Gasteiger partial charge >= 0.3 is 0 Å². The Morgan fingerprint density at radius 1 is 1.03 bits per heavy atom. The van der Waals surface area contributed by atoms with Gasteiger partial charge in [-0.05, 0) is 73.2 Å². The van der Waals surface area contributed by atoms with Crippen molar-refractivity contribution in [1.29, 1.82) is 0 Å². The number of carbonyl (C=O) groups is 1. The molecule has 3 aromatic carbocycles. The molecule has 0 radical (unpaired) electrons. The van der Waals surface area contributed by atoms with Gasteiger partial charge in [0.2, 0.25) is 0 Å². The molecule has 0 saturated carbocycles. The summed E-state index contributed by atoms with van der Waals surface area (Å²) in [5.74, 6) is 1.20. The number of aliphatic hydroxyl groups is 1. The normalized spacial score (nSPS) is 16.1. The van der Waals surface area contributed by atoms with Crippen LogP contribution >= 0.6 is 0 Å². The monoisotopic (exact) mass is 460 g/mol. The lowest BCUT2D eigenvalue weighted by atomic mass is 10.0. The van der Waals surface area contributed by atoms with E-state index in [1.54, 1.807) is 0 Å². The third kappa shape index (κ3) is 6.59. The van der Waals surface area contributed by atoms with E-state index in [1.807, 2.05) is 72.8 Å². The van der Waals surface area contributed by atoms with Crippen LogP contribution in [0, 0.1) is 0 Å². The number of ether oxygens (including phenoxy) is 1. The summed E-state index contributed by atoms with van der Waals surface area (Å²) in [6.07, 6.45) is 3.35. The molecule has 0 fully saturated rings. The predicted octanol–water partition coefficient (Wildman–Crippen LogP) is 4.31. The Morgan fingerprint density at radius 2 is 1.76 bits per heavy atom. The van der Waals surface area contributed by atoms with Gasteiger partial charge in [-0.1, -0.05) is 42.5 Å². The molecule has 1 aliphatic carbocycles. The van der Waals surface area contributed by atoms with Crippen LogP contribution in [0.25, 0.3) is 0 Å². The van der Waals surface area contributed by atoms with Gasteiger partial charge in [0.05, 0.1) is 5.69 Å². The molecule has 0 saturated heterocycles. The number of anilines is 1. The first-order chi connectivity index (χ1) is 16.6. The Balaban J connectivity index is 1.36. The molecule has 0 aromatic heterocycles. The van der Waals surface area contributed by atoms with Crippen molar-refractivity contribution in [3.05, 3.63) is 90.0 Å². The number of hydroxylamine groups is 1. The number of carbonyl (C=O) groups excluding carboxylic acids is 1. The Morgan fingerprint density at radius 3 is 2.50 bits per heavy atom. The lowest BCUT2D eigenvalue weighted by molar-refractivity contribution is -0.120. The highest BCUT2D eigenvalue weighted by molar-refractivity contribution is 5.89. The molecule has 4 rings (SSSR count). The number of aliphatic hydroxyl groups excluding tert-OH is 1. The fraction of sp³-hybridized carbons (Fsp3) is 0.321. The number of nitrogens with one attached hydrogen (secondary N) is 1. The van der Waals surface area contributed by atoms with E-state index in [2.05, 4.69) is 11.4 Å². The summed E-state index contributed by atoms with van der Waals surface area (Å²) in [5, 5.41) is 15.2. The first-order valence-electron chi connectivity index (χ1n) is 11.8. The average Bonchev–Trinajstić information content (AvgIpc) is 3.07. The molecule has 0 heterocycles. The van der Waals surface area contributed by atoms with Crippen molar-refractivity contribution in [3.8, 4) is 11.5 Å². The first-order valence-corrected chi connectivity index (χ1v) is 11.8. The third-order valence-electron chi connectivity index (χ3n) is 5.94. The minimum atomic E-state index is -0.590. The van der Waals surface area contributed by atoms with E-state index >= 15 is 0 Å². The Hall–Kier alpha value is -3.35. The van der Waals surface area contributed by atoms with E-state index in [1.165, 1.54) is 23.1 Å². The number of benzene rings is 3. The van der Waals surface area contributed by atoms with Crippen molar-refractivity contribution in [2.45, 2.75) is 44.8 Å². The van der Waals surface area contributed by atoms with Crippen LogP contribution in [0.15, 0.2) is 78.9 Å². The maximum absolute atomic E-state index is 12.2. The molecule has 178 valence electrons. The van der Waals surface area contributed by atoms with E-state index in [-0.39, 0.29) is 18.6 Å². The second kappa shape index (κ2) is 11.7. The van der Waals surface area contributed by atoms with E-state index < -0.39 is 6.10 Å². The molecule has 1 amide bonds. The number of fused-ring (bicyclic) bond motifs is 1. The smallest absolute Gasteiger partial charge is 0.256 e.